The summed E-state index contributed by atoms with van der Waals surface area (Å²) in [5, 5.41) is 3.78. The van der Waals surface area contributed by atoms with E-state index in [1.807, 2.05) is 0 Å². The molecular formula is C19H17FN2O5. The topological polar surface area (TPSA) is 83.7 Å². The van der Waals surface area contributed by atoms with Gasteiger partial charge in [-0.3, -0.25) is 0 Å². The number of benzene rings is 2. The number of methoxy groups -OCH3 is 1. The number of carbonyl (C=O) groups is 1. The number of ether oxygens (including phenoxy) is 3. The van der Waals surface area contributed by atoms with Crippen LogP contribution in [0.25, 0.3) is 11.4 Å². The van der Waals surface area contributed by atoms with Gasteiger partial charge in [0.1, 0.15) is 17.3 Å². The summed E-state index contributed by atoms with van der Waals surface area (Å²) in [7, 11) is 1.56. The minimum atomic E-state index is -0.821. The molecule has 140 valence electrons. The number of nitrogens with zero attached hydrogens (tertiary/aromatic N) is 2. The van der Waals surface area contributed by atoms with Crippen molar-refractivity contribution in [2.75, 3.05) is 7.11 Å². The molecule has 0 amide bonds. The summed E-state index contributed by atoms with van der Waals surface area (Å²) in [4.78, 5) is 16.2. The van der Waals surface area contributed by atoms with Crippen molar-refractivity contribution < 1.29 is 27.9 Å². The van der Waals surface area contributed by atoms with Crippen molar-refractivity contribution in [1.29, 1.82) is 0 Å². The van der Waals surface area contributed by atoms with Gasteiger partial charge < -0.3 is 18.7 Å². The fraction of sp³-hybridized carbons (Fsp3) is 0.211. The molecule has 0 bridgehead atoms. The van der Waals surface area contributed by atoms with E-state index in [-0.39, 0.29) is 24.1 Å². The van der Waals surface area contributed by atoms with E-state index in [1.54, 1.807) is 38.3 Å². The normalized spacial score (nSPS) is 11.7. The predicted molar refractivity (Wildman–Crippen MR) is 92.6 cm³/mol. The second-order valence-electron chi connectivity index (χ2n) is 5.56. The number of carbonyl (C=O) groups excluding carboxylic acids is 1. The Kier molecular flexibility index (Phi) is 5.65. The smallest absolute Gasteiger partial charge is 0.347 e. The quantitative estimate of drug-likeness (QED) is 0.588. The van der Waals surface area contributed by atoms with Crippen molar-refractivity contribution in [1.82, 2.24) is 10.1 Å². The summed E-state index contributed by atoms with van der Waals surface area (Å²) in [5.74, 6) is 0.667. The molecule has 1 atom stereocenters. The maximum Gasteiger partial charge on any atom is 0.347 e. The van der Waals surface area contributed by atoms with Gasteiger partial charge in [0.05, 0.1) is 7.11 Å². The number of halogens is 1. The molecule has 0 radical (unpaired) electrons. The summed E-state index contributed by atoms with van der Waals surface area (Å²) < 4.78 is 33.7. The maximum absolute atomic E-state index is 12.9. The van der Waals surface area contributed by atoms with Gasteiger partial charge >= 0.3 is 5.97 Å². The zero-order chi connectivity index (χ0) is 19.2. The average molecular weight is 372 g/mol. The third-order valence-corrected chi connectivity index (χ3v) is 3.61. The summed E-state index contributed by atoms with van der Waals surface area (Å²) in [6.45, 7) is 1.38. The van der Waals surface area contributed by atoms with Crippen molar-refractivity contribution in [3.63, 3.8) is 0 Å². The number of rotatable bonds is 7. The van der Waals surface area contributed by atoms with Crippen LogP contribution in [0.15, 0.2) is 53.1 Å². The molecule has 27 heavy (non-hydrogen) atoms. The fourth-order valence-corrected chi connectivity index (χ4v) is 2.19. The lowest BCUT2D eigenvalue weighted by Crippen LogP contribution is -2.26. The van der Waals surface area contributed by atoms with Crippen LogP contribution in [0.4, 0.5) is 4.39 Å². The lowest BCUT2D eigenvalue weighted by atomic mass is 10.2. The Balaban J connectivity index is 1.53. The zero-order valence-corrected chi connectivity index (χ0v) is 14.7. The van der Waals surface area contributed by atoms with Crippen LogP contribution in [0, 0.1) is 5.82 Å². The first-order valence-electron chi connectivity index (χ1n) is 8.11. The van der Waals surface area contributed by atoms with Gasteiger partial charge in [0.2, 0.25) is 5.82 Å². The highest BCUT2D eigenvalue weighted by Gasteiger charge is 2.18. The van der Waals surface area contributed by atoms with E-state index in [2.05, 4.69) is 10.1 Å². The van der Waals surface area contributed by atoms with Gasteiger partial charge in [-0.05, 0) is 55.5 Å². The molecule has 1 heterocycles. The Hall–Kier alpha value is -3.42. The number of esters is 1. The van der Waals surface area contributed by atoms with E-state index in [0.29, 0.717) is 17.1 Å². The number of aromatic nitrogens is 2. The Morgan fingerprint density at radius 3 is 2.44 bits per heavy atom. The molecule has 0 fully saturated rings. The van der Waals surface area contributed by atoms with E-state index in [9.17, 15) is 9.18 Å². The van der Waals surface area contributed by atoms with Crippen molar-refractivity contribution in [2.24, 2.45) is 0 Å². The molecule has 0 aliphatic carbocycles. The van der Waals surface area contributed by atoms with Crippen LogP contribution in [0.5, 0.6) is 11.5 Å². The fourth-order valence-electron chi connectivity index (χ4n) is 2.19. The third kappa shape index (κ3) is 4.81. The van der Waals surface area contributed by atoms with Gasteiger partial charge in [-0.25, -0.2) is 9.18 Å². The van der Waals surface area contributed by atoms with Gasteiger partial charge in [-0.2, -0.15) is 4.98 Å². The molecule has 1 aromatic heterocycles. The van der Waals surface area contributed by atoms with E-state index >= 15 is 0 Å². The number of hydrogen-bond acceptors (Lipinski definition) is 7. The summed E-state index contributed by atoms with van der Waals surface area (Å²) in [6, 6.07) is 12.5. The predicted octanol–water partition coefficient (Wildman–Crippen LogP) is 3.40. The van der Waals surface area contributed by atoms with Crippen LogP contribution in [-0.4, -0.2) is 29.3 Å². The first kappa shape index (κ1) is 18.4. The monoisotopic (exact) mass is 372 g/mol. The van der Waals surface area contributed by atoms with Crippen molar-refractivity contribution >= 4 is 5.97 Å². The molecule has 3 aromatic rings. The lowest BCUT2D eigenvalue weighted by molar-refractivity contribution is -0.153. The van der Waals surface area contributed by atoms with Crippen LogP contribution in [0.2, 0.25) is 0 Å². The Morgan fingerprint density at radius 2 is 1.78 bits per heavy atom. The van der Waals surface area contributed by atoms with Crippen molar-refractivity contribution in [3.05, 3.63) is 60.2 Å². The maximum atomic E-state index is 12.9. The molecular weight excluding hydrogens is 355 g/mol. The van der Waals surface area contributed by atoms with E-state index in [4.69, 9.17) is 18.7 Å². The van der Waals surface area contributed by atoms with E-state index in [0.717, 1.165) is 0 Å². The SMILES string of the molecule is COc1ccc(OC(C)C(=O)OCc2nc(-c3ccc(F)cc3)no2)cc1. The molecule has 3 rings (SSSR count). The molecule has 0 saturated carbocycles. The van der Waals surface area contributed by atoms with Crippen LogP contribution >= 0.6 is 0 Å². The lowest BCUT2D eigenvalue weighted by Gasteiger charge is -2.13. The molecule has 0 saturated heterocycles. The Labute approximate surface area is 154 Å². The van der Waals surface area contributed by atoms with Crippen LogP contribution in [-0.2, 0) is 16.1 Å². The van der Waals surface area contributed by atoms with E-state index in [1.165, 1.54) is 24.3 Å². The molecule has 0 N–H and O–H groups in total. The van der Waals surface area contributed by atoms with Crippen LogP contribution in [0.1, 0.15) is 12.8 Å². The minimum Gasteiger partial charge on any atom is -0.497 e. The molecule has 0 aliphatic rings. The van der Waals surface area contributed by atoms with Crippen LogP contribution < -0.4 is 9.47 Å². The second-order valence-corrected chi connectivity index (χ2v) is 5.56. The highest BCUT2D eigenvalue weighted by molar-refractivity contribution is 5.74. The molecule has 0 aliphatic heterocycles. The van der Waals surface area contributed by atoms with Crippen molar-refractivity contribution in [2.45, 2.75) is 19.6 Å². The highest BCUT2D eigenvalue weighted by atomic mass is 19.1. The average Bonchev–Trinajstić information content (AvgIpc) is 3.16. The third-order valence-electron chi connectivity index (χ3n) is 3.61. The van der Waals surface area contributed by atoms with Gasteiger partial charge in [-0.1, -0.05) is 5.16 Å². The van der Waals surface area contributed by atoms with Crippen LogP contribution in [0.3, 0.4) is 0 Å². The molecule has 2 aromatic carbocycles. The highest BCUT2D eigenvalue weighted by Crippen LogP contribution is 2.19. The molecule has 8 heteroatoms. The van der Waals surface area contributed by atoms with Gasteiger partial charge in [0.15, 0.2) is 12.7 Å². The first-order valence-corrected chi connectivity index (χ1v) is 8.11. The largest absolute Gasteiger partial charge is 0.497 e. The first-order chi connectivity index (χ1) is 13.0. The Morgan fingerprint density at radius 1 is 1.11 bits per heavy atom. The zero-order valence-electron chi connectivity index (χ0n) is 14.7. The summed E-state index contributed by atoms with van der Waals surface area (Å²) in [5.41, 5.74) is 0.592. The van der Waals surface area contributed by atoms with Gasteiger partial charge in [0.25, 0.3) is 5.89 Å². The van der Waals surface area contributed by atoms with E-state index < -0.39 is 12.1 Å². The Bertz CT molecular complexity index is 893. The standard InChI is InChI=1S/C19H17FN2O5/c1-12(26-16-9-7-15(24-2)8-10-16)19(23)25-11-17-21-18(22-27-17)13-3-5-14(20)6-4-13/h3-10,12H,11H2,1-2H3. The number of hydrogen-bond donors (Lipinski definition) is 0. The minimum absolute atomic E-state index is 0.124. The summed E-state index contributed by atoms with van der Waals surface area (Å²) in [6.07, 6.45) is -0.821. The van der Waals surface area contributed by atoms with Gasteiger partial charge in [-0.15, -0.1) is 0 Å². The molecule has 1 unspecified atom stereocenters. The molecule has 7 nitrogen and oxygen atoms in total. The molecule has 0 spiro atoms. The van der Waals surface area contributed by atoms with Crippen molar-refractivity contribution in [3.8, 4) is 22.9 Å². The van der Waals surface area contributed by atoms with Gasteiger partial charge in [0, 0.05) is 5.56 Å². The second kappa shape index (κ2) is 8.31. The summed E-state index contributed by atoms with van der Waals surface area (Å²) >= 11 is 0.